The zero-order valence-corrected chi connectivity index (χ0v) is 12.5. The number of hydrogen-bond acceptors (Lipinski definition) is 3. The Kier molecular flexibility index (Phi) is 5.74. The molecular weight excluding hydrogens is 264 g/mol. The summed E-state index contributed by atoms with van der Waals surface area (Å²) in [7, 11) is 1.38. The van der Waals surface area contributed by atoms with Crippen molar-refractivity contribution < 1.29 is 18.3 Å². The first-order chi connectivity index (χ1) is 9.33. The first-order valence-corrected chi connectivity index (χ1v) is 6.81. The van der Waals surface area contributed by atoms with Crippen molar-refractivity contribution in [2.24, 2.45) is 5.73 Å². The molecule has 0 aromatic heterocycles. The van der Waals surface area contributed by atoms with Crippen molar-refractivity contribution in [1.29, 1.82) is 0 Å². The predicted molar refractivity (Wildman–Crippen MR) is 75.7 cm³/mol. The summed E-state index contributed by atoms with van der Waals surface area (Å²) in [5, 5.41) is 0. The van der Waals surface area contributed by atoms with Crippen molar-refractivity contribution in [2.45, 2.75) is 45.6 Å². The highest BCUT2D eigenvalue weighted by Gasteiger charge is 2.30. The minimum atomic E-state index is -2.98. The molecule has 0 bridgehead atoms. The second-order valence-electron chi connectivity index (χ2n) is 4.85. The van der Waals surface area contributed by atoms with Gasteiger partial charge in [0.1, 0.15) is 11.5 Å². The molecule has 20 heavy (non-hydrogen) atoms. The van der Waals surface area contributed by atoms with Crippen LogP contribution in [0.25, 0.3) is 0 Å². The van der Waals surface area contributed by atoms with Gasteiger partial charge in [-0.15, -0.1) is 0 Å². The molecule has 1 aromatic carbocycles. The lowest BCUT2D eigenvalue weighted by Crippen LogP contribution is -2.22. The van der Waals surface area contributed by atoms with Gasteiger partial charge in [0.25, 0.3) is 5.92 Å². The largest absolute Gasteiger partial charge is 0.496 e. The van der Waals surface area contributed by atoms with Crippen molar-refractivity contribution >= 4 is 0 Å². The average Bonchev–Trinajstić information content (AvgIpc) is 2.38. The highest BCUT2D eigenvalue weighted by Crippen LogP contribution is 2.39. The van der Waals surface area contributed by atoms with E-state index in [4.69, 9.17) is 15.2 Å². The van der Waals surface area contributed by atoms with E-state index in [0.29, 0.717) is 18.8 Å². The van der Waals surface area contributed by atoms with Crippen LogP contribution in [0.2, 0.25) is 0 Å². The maximum atomic E-state index is 13.6. The summed E-state index contributed by atoms with van der Waals surface area (Å²) in [5.74, 6) is -2.37. The summed E-state index contributed by atoms with van der Waals surface area (Å²) in [6.07, 6.45) is 1.37. The summed E-state index contributed by atoms with van der Waals surface area (Å²) in [6, 6.07) is 2.93. The van der Waals surface area contributed by atoms with Gasteiger partial charge in [-0.05, 0) is 37.5 Å². The molecule has 1 rings (SSSR count). The van der Waals surface area contributed by atoms with Crippen LogP contribution in [0, 0.1) is 0 Å². The number of benzene rings is 1. The summed E-state index contributed by atoms with van der Waals surface area (Å²) in [5.41, 5.74) is 6.57. The highest BCUT2D eigenvalue weighted by molar-refractivity contribution is 5.48. The summed E-state index contributed by atoms with van der Waals surface area (Å²) in [6.45, 7) is 5.06. The van der Waals surface area contributed by atoms with Gasteiger partial charge >= 0.3 is 0 Å². The SMILES string of the molecule is CCOc1cc(C(C)(F)F)c(OC)cc1CC(N)CC. The Morgan fingerprint density at radius 3 is 2.35 bits per heavy atom. The van der Waals surface area contributed by atoms with Gasteiger partial charge in [-0.2, -0.15) is 0 Å². The maximum Gasteiger partial charge on any atom is 0.274 e. The molecule has 2 N–H and O–H groups in total. The second-order valence-corrected chi connectivity index (χ2v) is 4.85. The van der Waals surface area contributed by atoms with Gasteiger partial charge in [0, 0.05) is 13.0 Å². The van der Waals surface area contributed by atoms with Gasteiger partial charge in [0.2, 0.25) is 0 Å². The Bertz CT molecular complexity index is 444. The van der Waals surface area contributed by atoms with Crippen molar-refractivity contribution in [3.63, 3.8) is 0 Å². The molecule has 0 aliphatic heterocycles. The minimum Gasteiger partial charge on any atom is -0.496 e. The highest BCUT2D eigenvalue weighted by atomic mass is 19.3. The van der Waals surface area contributed by atoms with E-state index in [0.717, 1.165) is 18.9 Å². The van der Waals surface area contributed by atoms with Crippen molar-refractivity contribution in [1.82, 2.24) is 0 Å². The monoisotopic (exact) mass is 287 g/mol. The molecule has 0 spiro atoms. The van der Waals surface area contributed by atoms with E-state index in [9.17, 15) is 8.78 Å². The molecule has 0 saturated carbocycles. The molecule has 0 radical (unpaired) electrons. The van der Waals surface area contributed by atoms with Gasteiger partial charge in [-0.1, -0.05) is 6.92 Å². The number of nitrogens with two attached hydrogens (primary N) is 1. The third-order valence-corrected chi connectivity index (χ3v) is 3.16. The molecule has 114 valence electrons. The number of ether oxygens (including phenoxy) is 2. The predicted octanol–water partition coefficient (Wildman–Crippen LogP) is 3.49. The molecule has 0 aliphatic rings. The Morgan fingerprint density at radius 2 is 1.90 bits per heavy atom. The van der Waals surface area contributed by atoms with Crippen LogP contribution < -0.4 is 15.2 Å². The third kappa shape index (κ3) is 4.07. The fourth-order valence-corrected chi connectivity index (χ4v) is 1.99. The van der Waals surface area contributed by atoms with E-state index in [1.165, 1.54) is 13.2 Å². The van der Waals surface area contributed by atoms with Crippen molar-refractivity contribution in [2.75, 3.05) is 13.7 Å². The Hall–Kier alpha value is -1.36. The van der Waals surface area contributed by atoms with Crippen LogP contribution in [0.4, 0.5) is 8.78 Å². The zero-order chi connectivity index (χ0) is 15.3. The van der Waals surface area contributed by atoms with E-state index >= 15 is 0 Å². The van der Waals surface area contributed by atoms with Gasteiger partial charge in [0.05, 0.1) is 19.3 Å². The van der Waals surface area contributed by atoms with Crippen LogP contribution in [-0.2, 0) is 12.3 Å². The van der Waals surface area contributed by atoms with E-state index in [2.05, 4.69) is 0 Å². The number of halogens is 2. The molecule has 0 amide bonds. The van der Waals surface area contributed by atoms with Gasteiger partial charge < -0.3 is 15.2 Å². The quantitative estimate of drug-likeness (QED) is 0.835. The van der Waals surface area contributed by atoms with Crippen molar-refractivity contribution in [3.05, 3.63) is 23.3 Å². The van der Waals surface area contributed by atoms with Crippen LogP contribution in [0.3, 0.4) is 0 Å². The molecule has 0 saturated heterocycles. The third-order valence-electron chi connectivity index (χ3n) is 3.16. The summed E-state index contributed by atoms with van der Waals surface area (Å²) < 4.78 is 37.8. The fourth-order valence-electron chi connectivity index (χ4n) is 1.99. The van der Waals surface area contributed by atoms with Crippen LogP contribution >= 0.6 is 0 Å². The van der Waals surface area contributed by atoms with Gasteiger partial charge in [0.15, 0.2) is 0 Å². The van der Waals surface area contributed by atoms with Gasteiger partial charge in [-0.3, -0.25) is 0 Å². The lowest BCUT2D eigenvalue weighted by Gasteiger charge is -2.20. The second kappa shape index (κ2) is 6.88. The number of rotatable bonds is 7. The molecule has 0 heterocycles. The van der Waals surface area contributed by atoms with E-state index in [1.807, 2.05) is 13.8 Å². The maximum absolute atomic E-state index is 13.6. The molecule has 3 nitrogen and oxygen atoms in total. The first-order valence-electron chi connectivity index (χ1n) is 6.81. The van der Waals surface area contributed by atoms with E-state index in [-0.39, 0.29) is 17.4 Å². The molecule has 5 heteroatoms. The average molecular weight is 287 g/mol. The molecule has 1 aromatic rings. The molecular formula is C15H23F2NO2. The molecule has 1 unspecified atom stereocenters. The van der Waals surface area contributed by atoms with E-state index in [1.54, 1.807) is 6.07 Å². The molecule has 0 fully saturated rings. The number of alkyl halides is 2. The van der Waals surface area contributed by atoms with Crippen LogP contribution in [-0.4, -0.2) is 19.8 Å². The van der Waals surface area contributed by atoms with Crippen LogP contribution in [0.1, 0.15) is 38.3 Å². The molecule has 1 atom stereocenters. The number of hydrogen-bond donors (Lipinski definition) is 1. The van der Waals surface area contributed by atoms with Crippen LogP contribution in [0.15, 0.2) is 12.1 Å². The standard InChI is InChI=1S/C15H23F2NO2/c1-5-11(18)7-10-8-14(19-4)12(15(3,16)17)9-13(10)20-6-2/h8-9,11H,5-7,18H2,1-4H3. The normalized spacial score (nSPS) is 13.2. The minimum absolute atomic E-state index is 0.0353. The Morgan fingerprint density at radius 1 is 1.25 bits per heavy atom. The zero-order valence-electron chi connectivity index (χ0n) is 12.5. The number of methoxy groups -OCH3 is 1. The van der Waals surface area contributed by atoms with Crippen LogP contribution in [0.5, 0.6) is 11.5 Å². The summed E-state index contributed by atoms with van der Waals surface area (Å²) in [4.78, 5) is 0. The first kappa shape index (κ1) is 16.7. The van der Waals surface area contributed by atoms with Gasteiger partial charge in [-0.25, -0.2) is 8.78 Å². The van der Waals surface area contributed by atoms with E-state index < -0.39 is 5.92 Å². The van der Waals surface area contributed by atoms with Crippen molar-refractivity contribution in [3.8, 4) is 11.5 Å². The summed E-state index contributed by atoms with van der Waals surface area (Å²) >= 11 is 0. The topological polar surface area (TPSA) is 44.5 Å². The fraction of sp³-hybridized carbons (Fsp3) is 0.600. The smallest absolute Gasteiger partial charge is 0.274 e. The lowest BCUT2D eigenvalue weighted by atomic mass is 9.99. The Balaban J connectivity index is 3.29. The lowest BCUT2D eigenvalue weighted by molar-refractivity contribution is 0.0148. The molecule has 0 aliphatic carbocycles. The Labute approximate surface area is 119 Å².